The zero-order chi connectivity index (χ0) is 33.9. The Morgan fingerprint density at radius 1 is 0.531 bits per heavy atom. The maximum absolute atomic E-state index is 15.4. The van der Waals surface area contributed by atoms with E-state index in [1.807, 2.05) is 84.9 Å². The number of ketones is 1. The van der Waals surface area contributed by atoms with Crippen LogP contribution in [0.5, 0.6) is 34.5 Å². The standard InChI is InChI=1S/C39H42N2O8/c1-43-29-15-13-23(21-31(29)45-3)35-33-37-25-9-5-7-11-27(25)48-19-17-47-18-20-49-28-12-8-6-10-26(28)38(41-37)34(39(33)42)36(40-35)24-14-16-30(44-2)32(22-24)46-4/h5-16,21-22,33-38,40-41H,17-20H2,1-4H3. The first-order valence-corrected chi connectivity index (χ1v) is 16.6. The van der Waals surface area contributed by atoms with Crippen LogP contribution >= 0.6 is 0 Å². The van der Waals surface area contributed by atoms with E-state index in [-0.39, 0.29) is 5.78 Å². The van der Waals surface area contributed by atoms with E-state index in [0.29, 0.717) is 60.9 Å². The fourth-order valence-corrected chi connectivity index (χ4v) is 7.59. The van der Waals surface area contributed by atoms with E-state index >= 15 is 4.79 Å². The molecule has 3 aliphatic heterocycles. The monoisotopic (exact) mass is 666 g/mol. The maximum Gasteiger partial charge on any atom is 0.161 e. The summed E-state index contributed by atoms with van der Waals surface area (Å²) in [6.07, 6.45) is 0. The molecule has 3 heterocycles. The van der Waals surface area contributed by atoms with Gasteiger partial charge >= 0.3 is 0 Å². The molecule has 10 nitrogen and oxygen atoms in total. The zero-order valence-electron chi connectivity index (χ0n) is 28.1. The summed E-state index contributed by atoms with van der Waals surface area (Å²) in [7, 11) is 6.46. The van der Waals surface area contributed by atoms with Gasteiger partial charge in [-0.1, -0.05) is 48.5 Å². The Balaban J connectivity index is 1.44. The van der Waals surface area contributed by atoms with Gasteiger partial charge in [-0.2, -0.15) is 0 Å². The number of methoxy groups -OCH3 is 4. The average Bonchev–Trinajstić information content (AvgIpc) is 3.14. The third kappa shape index (κ3) is 6.16. The number of Topliss-reactive ketones (excluding diaryl/α,β-unsaturated/α-hetero) is 1. The molecule has 2 fully saturated rings. The fourth-order valence-electron chi connectivity index (χ4n) is 7.59. The largest absolute Gasteiger partial charge is 0.493 e. The lowest BCUT2D eigenvalue weighted by Gasteiger charge is -2.53. The minimum atomic E-state index is -0.516. The van der Waals surface area contributed by atoms with E-state index in [1.54, 1.807) is 28.4 Å². The SMILES string of the molecule is COc1ccc(C2NC(c3ccc(OC)c(OC)c3)C3C(=O)C2C2NC3c3ccccc3OCCOCCOc3ccccc32)cc1OC. The van der Waals surface area contributed by atoms with Gasteiger partial charge in [0.15, 0.2) is 23.0 Å². The highest BCUT2D eigenvalue weighted by Gasteiger charge is 2.56. The molecule has 4 aromatic rings. The van der Waals surface area contributed by atoms with Crippen molar-refractivity contribution in [3.05, 3.63) is 107 Å². The molecule has 4 bridgehead atoms. The van der Waals surface area contributed by atoms with E-state index in [2.05, 4.69) is 10.6 Å². The van der Waals surface area contributed by atoms with Crippen LogP contribution in [0.4, 0.5) is 0 Å². The van der Waals surface area contributed by atoms with Gasteiger partial charge < -0.3 is 43.8 Å². The van der Waals surface area contributed by atoms with Gasteiger partial charge in [0.2, 0.25) is 0 Å². The smallest absolute Gasteiger partial charge is 0.161 e. The Morgan fingerprint density at radius 2 is 0.959 bits per heavy atom. The number of hydrogen-bond acceptors (Lipinski definition) is 10. The van der Waals surface area contributed by atoms with Crippen LogP contribution in [0.2, 0.25) is 0 Å². The Hall–Kier alpha value is -4.77. The molecule has 2 saturated heterocycles. The number of nitrogens with one attached hydrogen (secondary N) is 2. The molecule has 6 atom stereocenters. The second-order valence-corrected chi connectivity index (χ2v) is 12.3. The van der Waals surface area contributed by atoms with Crippen molar-refractivity contribution in [1.82, 2.24) is 10.6 Å². The molecule has 256 valence electrons. The van der Waals surface area contributed by atoms with Crippen LogP contribution in [-0.2, 0) is 9.53 Å². The van der Waals surface area contributed by atoms with E-state index in [0.717, 1.165) is 22.3 Å². The third-order valence-electron chi connectivity index (χ3n) is 9.82. The third-order valence-corrected chi connectivity index (χ3v) is 9.82. The van der Waals surface area contributed by atoms with Crippen molar-refractivity contribution in [2.45, 2.75) is 24.2 Å². The lowest BCUT2D eigenvalue weighted by Crippen LogP contribution is -2.60. The topological polar surface area (TPSA) is 106 Å². The second kappa shape index (κ2) is 14.4. The molecule has 2 N–H and O–H groups in total. The van der Waals surface area contributed by atoms with Gasteiger partial charge in [-0.05, 0) is 47.5 Å². The van der Waals surface area contributed by atoms with Crippen molar-refractivity contribution < 1.29 is 38.0 Å². The molecule has 0 aliphatic carbocycles. The quantitative estimate of drug-likeness (QED) is 0.263. The number of para-hydroxylation sites is 2. The number of ether oxygens (including phenoxy) is 7. The first-order chi connectivity index (χ1) is 24.1. The molecule has 0 saturated carbocycles. The number of carbonyl (C=O) groups is 1. The van der Waals surface area contributed by atoms with Crippen molar-refractivity contribution in [3.63, 3.8) is 0 Å². The van der Waals surface area contributed by atoms with E-state index < -0.39 is 36.0 Å². The summed E-state index contributed by atoms with van der Waals surface area (Å²) < 4.78 is 41.1. The molecule has 0 spiro atoms. The fraction of sp³-hybridized carbons (Fsp3) is 0.359. The van der Waals surface area contributed by atoms with Crippen LogP contribution < -0.4 is 39.1 Å². The number of fused-ring (bicyclic) bond motifs is 10. The number of rotatable bonds is 6. The van der Waals surface area contributed by atoms with Gasteiger partial charge in [-0.25, -0.2) is 0 Å². The second-order valence-electron chi connectivity index (χ2n) is 12.3. The average molecular weight is 667 g/mol. The first-order valence-electron chi connectivity index (χ1n) is 16.6. The van der Waals surface area contributed by atoms with Crippen LogP contribution in [0.25, 0.3) is 0 Å². The Kier molecular flexibility index (Phi) is 9.61. The number of hydrogen-bond donors (Lipinski definition) is 2. The molecule has 49 heavy (non-hydrogen) atoms. The summed E-state index contributed by atoms with van der Waals surface area (Å²) >= 11 is 0. The molecule has 0 aromatic heterocycles. The van der Waals surface area contributed by atoms with Gasteiger partial charge in [0.05, 0.1) is 53.5 Å². The molecular formula is C39H42N2O8. The molecule has 0 amide bonds. The molecular weight excluding hydrogens is 624 g/mol. The summed E-state index contributed by atoms with van der Waals surface area (Å²) in [5.74, 6) is 2.91. The number of benzene rings is 4. The van der Waals surface area contributed by atoms with Crippen molar-refractivity contribution in [2.24, 2.45) is 11.8 Å². The highest BCUT2D eigenvalue weighted by Crippen LogP contribution is 2.54. The van der Waals surface area contributed by atoms with Gasteiger partial charge in [0, 0.05) is 35.3 Å². The van der Waals surface area contributed by atoms with Crippen LogP contribution in [0.3, 0.4) is 0 Å². The minimum absolute atomic E-state index is 0.132. The van der Waals surface area contributed by atoms with Crippen molar-refractivity contribution >= 4 is 5.78 Å². The predicted octanol–water partition coefficient (Wildman–Crippen LogP) is 5.78. The minimum Gasteiger partial charge on any atom is -0.493 e. The summed E-state index contributed by atoms with van der Waals surface area (Å²) in [4.78, 5) is 15.4. The summed E-state index contributed by atoms with van der Waals surface area (Å²) in [5.41, 5.74) is 3.60. The summed E-state index contributed by atoms with van der Waals surface area (Å²) in [6, 6.07) is 25.9. The Labute approximate surface area is 286 Å². The Morgan fingerprint density at radius 3 is 1.41 bits per heavy atom. The van der Waals surface area contributed by atoms with E-state index in [9.17, 15) is 0 Å². The van der Waals surface area contributed by atoms with Crippen molar-refractivity contribution in [3.8, 4) is 34.5 Å². The number of carbonyl (C=O) groups excluding carboxylic acids is 1. The lowest BCUT2D eigenvalue weighted by atomic mass is 9.64. The Bertz CT molecular complexity index is 1670. The first kappa shape index (κ1) is 32.8. The van der Waals surface area contributed by atoms with Gasteiger partial charge in [0.25, 0.3) is 0 Å². The predicted molar refractivity (Wildman–Crippen MR) is 183 cm³/mol. The zero-order valence-corrected chi connectivity index (χ0v) is 28.1. The molecule has 6 unspecified atom stereocenters. The van der Waals surface area contributed by atoms with Gasteiger partial charge in [-0.3, -0.25) is 4.79 Å². The molecule has 0 radical (unpaired) electrons. The van der Waals surface area contributed by atoms with Crippen molar-refractivity contribution in [2.75, 3.05) is 54.9 Å². The summed E-state index contributed by atoms with van der Waals surface area (Å²) in [6.45, 7) is 1.55. The maximum atomic E-state index is 15.4. The highest BCUT2D eigenvalue weighted by molar-refractivity contribution is 5.89. The van der Waals surface area contributed by atoms with Gasteiger partial charge in [-0.15, -0.1) is 0 Å². The van der Waals surface area contributed by atoms with Crippen LogP contribution in [-0.4, -0.2) is 60.6 Å². The van der Waals surface area contributed by atoms with Crippen LogP contribution in [0.15, 0.2) is 84.9 Å². The lowest BCUT2D eigenvalue weighted by molar-refractivity contribution is -0.139. The van der Waals surface area contributed by atoms with Crippen LogP contribution in [0, 0.1) is 11.8 Å². The normalized spacial score (nSPS) is 24.9. The van der Waals surface area contributed by atoms with E-state index in [1.165, 1.54) is 0 Å². The van der Waals surface area contributed by atoms with E-state index in [4.69, 9.17) is 33.2 Å². The van der Waals surface area contributed by atoms with Crippen molar-refractivity contribution in [1.29, 1.82) is 0 Å². The van der Waals surface area contributed by atoms with Gasteiger partial charge in [0.1, 0.15) is 30.5 Å². The molecule has 4 aromatic carbocycles. The molecule has 10 heteroatoms. The molecule has 7 rings (SSSR count). The number of piperidine rings is 2. The molecule has 3 aliphatic rings. The highest BCUT2D eigenvalue weighted by atomic mass is 16.5. The summed E-state index contributed by atoms with van der Waals surface area (Å²) in [5, 5.41) is 7.96. The van der Waals surface area contributed by atoms with Crippen LogP contribution in [0.1, 0.15) is 46.4 Å².